The Morgan fingerprint density at radius 1 is 1.17 bits per heavy atom. The number of carbonyl (C=O) groups is 2. The number of thioether (sulfide) groups is 1. The molecule has 0 unspecified atom stereocenters. The van der Waals surface area contributed by atoms with Gasteiger partial charge in [-0.1, -0.05) is 12.1 Å². The Morgan fingerprint density at radius 2 is 1.83 bits per heavy atom. The average Bonchev–Trinajstić information content (AvgIpc) is 2.58. The quantitative estimate of drug-likeness (QED) is 0.772. The normalized spacial score (nSPS) is 20.2. The van der Waals surface area contributed by atoms with E-state index in [4.69, 9.17) is 4.74 Å². The van der Waals surface area contributed by atoms with Crippen LogP contribution in [0.25, 0.3) is 0 Å². The first-order valence-electron chi connectivity index (χ1n) is 8.45. The largest absolute Gasteiger partial charge is 0.459 e. The fourth-order valence-corrected chi connectivity index (χ4v) is 3.37. The Kier molecular flexibility index (Phi) is 7.43. The van der Waals surface area contributed by atoms with Crippen molar-refractivity contribution >= 4 is 23.8 Å². The number of benzene rings is 1. The first-order chi connectivity index (χ1) is 11.6. The molecule has 2 amide bonds. The van der Waals surface area contributed by atoms with E-state index >= 15 is 0 Å². The highest BCUT2D eigenvalue weighted by Gasteiger charge is 2.25. The number of hydrogen-bond acceptors (Lipinski definition) is 4. The highest BCUT2D eigenvalue weighted by atomic mass is 32.2. The van der Waals surface area contributed by atoms with Crippen LogP contribution >= 0.6 is 11.8 Å². The van der Waals surface area contributed by atoms with Crippen LogP contribution in [-0.2, 0) is 10.5 Å². The zero-order valence-electron chi connectivity index (χ0n) is 14.3. The Hall–Kier alpha value is -1.69. The molecule has 1 fully saturated rings. The van der Waals surface area contributed by atoms with Crippen molar-refractivity contribution in [1.29, 1.82) is 0 Å². The zero-order chi connectivity index (χ0) is 17.4. The number of hydrogen-bond donors (Lipinski definition) is 2. The topological polar surface area (TPSA) is 67.4 Å². The lowest BCUT2D eigenvalue weighted by Gasteiger charge is -2.28. The second-order valence-electron chi connectivity index (χ2n) is 6.01. The van der Waals surface area contributed by atoms with Crippen molar-refractivity contribution in [3.63, 3.8) is 0 Å². The number of amides is 2. The van der Waals surface area contributed by atoms with Crippen LogP contribution in [0.15, 0.2) is 24.3 Å². The number of nitrogens with one attached hydrogen (secondary N) is 2. The molecule has 1 saturated carbocycles. The second-order valence-corrected chi connectivity index (χ2v) is 6.88. The molecular formula is C18H26N2O3S. The van der Waals surface area contributed by atoms with E-state index in [0.29, 0.717) is 12.1 Å². The minimum Gasteiger partial charge on any atom is -0.459 e. The van der Waals surface area contributed by atoms with Gasteiger partial charge in [-0.2, -0.15) is 11.8 Å². The van der Waals surface area contributed by atoms with Gasteiger partial charge in [-0.15, -0.1) is 0 Å². The molecule has 2 rings (SSSR count). The summed E-state index contributed by atoms with van der Waals surface area (Å²) in [6.45, 7) is 2.51. The Bertz CT molecular complexity index is 540. The van der Waals surface area contributed by atoms with E-state index in [9.17, 15) is 9.59 Å². The van der Waals surface area contributed by atoms with Gasteiger partial charge in [0.25, 0.3) is 0 Å². The summed E-state index contributed by atoms with van der Waals surface area (Å²) in [4.78, 5) is 23.7. The van der Waals surface area contributed by atoms with Gasteiger partial charge in [0, 0.05) is 18.3 Å². The van der Waals surface area contributed by atoms with Crippen LogP contribution < -0.4 is 10.6 Å². The summed E-state index contributed by atoms with van der Waals surface area (Å²) in [5.41, 5.74) is 1.80. The van der Waals surface area contributed by atoms with Crippen molar-refractivity contribution < 1.29 is 14.3 Å². The van der Waals surface area contributed by atoms with Crippen molar-refractivity contribution in [3.8, 4) is 0 Å². The third-order valence-electron chi connectivity index (χ3n) is 4.12. The summed E-state index contributed by atoms with van der Waals surface area (Å²) in [6, 6.07) is 7.65. The van der Waals surface area contributed by atoms with Crippen LogP contribution in [0, 0.1) is 0 Å². The lowest BCUT2D eigenvalue weighted by atomic mass is 9.93. The summed E-state index contributed by atoms with van der Waals surface area (Å²) in [6.07, 6.45) is 5.24. The van der Waals surface area contributed by atoms with Crippen molar-refractivity contribution in [1.82, 2.24) is 10.6 Å². The van der Waals surface area contributed by atoms with Gasteiger partial charge >= 0.3 is 12.0 Å². The molecule has 0 bridgehead atoms. The summed E-state index contributed by atoms with van der Waals surface area (Å²) in [5.74, 6) is 0.684. The molecule has 5 nitrogen and oxygen atoms in total. The van der Waals surface area contributed by atoms with Crippen LogP contribution in [0.5, 0.6) is 0 Å². The number of esters is 1. The van der Waals surface area contributed by atoms with Crippen LogP contribution in [0.3, 0.4) is 0 Å². The van der Waals surface area contributed by atoms with E-state index in [1.54, 1.807) is 11.8 Å². The number of urea groups is 1. The molecule has 0 aliphatic heterocycles. The molecule has 1 aromatic carbocycles. The molecule has 2 N–H and O–H groups in total. The third-order valence-corrected chi connectivity index (χ3v) is 4.74. The first-order valence-corrected chi connectivity index (χ1v) is 9.85. The lowest BCUT2D eigenvalue weighted by molar-refractivity contribution is 0.0188. The molecule has 0 saturated heterocycles. The molecule has 6 heteroatoms. The van der Waals surface area contributed by atoms with Gasteiger partial charge in [0.2, 0.25) is 0 Å². The van der Waals surface area contributed by atoms with Crippen molar-refractivity contribution in [2.45, 2.75) is 50.5 Å². The molecule has 24 heavy (non-hydrogen) atoms. The third kappa shape index (κ3) is 5.74. The van der Waals surface area contributed by atoms with E-state index in [0.717, 1.165) is 31.4 Å². The first kappa shape index (κ1) is 18.6. The van der Waals surface area contributed by atoms with E-state index in [1.807, 2.05) is 31.2 Å². The minimum atomic E-state index is -0.258. The predicted molar refractivity (Wildman–Crippen MR) is 97.3 cm³/mol. The molecule has 0 spiro atoms. The lowest BCUT2D eigenvalue weighted by Crippen LogP contribution is -2.44. The summed E-state index contributed by atoms with van der Waals surface area (Å²) >= 11 is 1.75. The molecule has 0 aromatic heterocycles. The van der Waals surface area contributed by atoms with Crippen LogP contribution in [0.4, 0.5) is 4.79 Å². The van der Waals surface area contributed by atoms with Gasteiger partial charge in [0.15, 0.2) is 0 Å². The Morgan fingerprint density at radius 3 is 2.42 bits per heavy atom. The van der Waals surface area contributed by atoms with E-state index in [-0.39, 0.29) is 24.1 Å². The highest BCUT2D eigenvalue weighted by Crippen LogP contribution is 2.22. The number of carbonyl (C=O) groups excluding carboxylic acids is 2. The molecule has 1 aliphatic carbocycles. The van der Waals surface area contributed by atoms with Crippen molar-refractivity contribution in [2.24, 2.45) is 0 Å². The number of ether oxygens (including phenoxy) is 1. The second kappa shape index (κ2) is 9.57. The van der Waals surface area contributed by atoms with Gasteiger partial charge in [0.05, 0.1) is 5.56 Å². The van der Waals surface area contributed by atoms with Crippen LogP contribution in [-0.4, -0.2) is 36.9 Å². The van der Waals surface area contributed by atoms with Crippen LogP contribution in [0.1, 0.15) is 48.5 Å². The molecule has 1 aromatic rings. The fraction of sp³-hybridized carbons (Fsp3) is 0.556. The fourth-order valence-electron chi connectivity index (χ4n) is 2.85. The smallest absolute Gasteiger partial charge is 0.338 e. The van der Waals surface area contributed by atoms with E-state index < -0.39 is 0 Å². The maximum atomic E-state index is 12.2. The van der Waals surface area contributed by atoms with Gasteiger partial charge in [-0.25, -0.2) is 9.59 Å². The predicted octanol–water partition coefficient (Wildman–Crippen LogP) is 3.34. The van der Waals surface area contributed by atoms with Crippen LogP contribution in [0.2, 0.25) is 0 Å². The maximum Gasteiger partial charge on any atom is 0.338 e. The molecule has 0 atom stereocenters. The van der Waals surface area contributed by atoms with E-state index in [2.05, 4.69) is 16.9 Å². The van der Waals surface area contributed by atoms with Gasteiger partial charge in [-0.3, -0.25) is 0 Å². The summed E-state index contributed by atoms with van der Waals surface area (Å²) < 4.78 is 5.61. The molecule has 0 radical (unpaired) electrons. The Balaban J connectivity index is 1.76. The van der Waals surface area contributed by atoms with Gasteiger partial charge < -0.3 is 15.4 Å². The van der Waals surface area contributed by atoms with Gasteiger partial charge in [0.1, 0.15) is 6.10 Å². The molecule has 1 aliphatic rings. The minimum absolute atomic E-state index is 0.0596. The molecule has 132 valence electrons. The molecule has 0 heterocycles. The standard InChI is InChI=1S/C18H26N2O3S/c1-3-19-18(22)20-15-8-10-16(11-9-15)23-17(21)14-6-4-13(5-7-14)12-24-2/h4-7,15-16H,3,8-12H2,1-2H3,(H2,19,20,22). The van der Waals surface area contributed by atoms with Gasteiger partial charge in [-0.05, 0) is 56.6 Å². The monoisotopic (exact) mass is 350 g/mol. The summed E-state index contributed by atoms with van der Waals surface area (Å²) in [5, 5.41) is 5.69. The zero-order valence-corrected chi connectivity index (χ0v) is 15.2. The Labute approximate surface area is 147 Å². The highest BCUT2D eigenvalue weighted by molar-refractivity contribution is 7.97. The summed E-state index contributed by atoms with van der Waals surface area (Å²) in [7, 11) is 0. The molecular weight excluding hydrogens is 324 g/mol. The van der Waals surface area contributed by atoms with Crippen molar-refractivity contribution in [3.05, 3.63) is 35.4 Å². The van der Waals surface area contributed by atoms with Crippen molar-refractivity contribution in [2.75, 3.05) is 12.8 Å². The number of rotatable bonds is 6. The van der Waals surface area contributed by atoms with E-state index in [1.165, 1.54) is 5.56 Å². The SMILES string of the molecule is CCNC(=O)NC1CCC(OC(=O)c2ccc(CSC)cc2)CC1. The average molecular weight is 350 g/mol. The maximum absolute atomic E-state index is 12.2.